The van der Waals surface area contributed by atoms with E-state index in [4.69, 9.17) is 4.52 Å². The van der Waals surface area contributed by atoms with Gasteiger partial charge in [0.2, 0.25) is 0 Å². The molecule has 0 aliphatic heterocycles. The SMILES string of the molecule is Cc1cc(C)cc(-c2nc(C(C)O)no2)c1. The Kier molecular flexibility index (Phi) is 2.75. The Balaban J connectivity index is 2.42. The van der Waals surface area contributed by atoms with Crippen molar-refractivity contribution in [1.82, 2.24) is 10.1 Å². The molecule has 0 aliphatic rings. The van der Waals surface area contributed by atoms with Crippen LogP contribution in [0.1, 0.15) is 30.0 Å². The molecule has 0 aliphatic carbocycles. The van der Waals surface area contributed by atoms with Crippen LogP contribution in [0.2, 0.25) is 0 Å². The highest BCUT2D eigenvalue weighted by Crippen LogP contribution is 2.21. The third-order valence-electron chi connectivity index (χ3n) is 2.28. The first kappa shape index (κ1) is 10.8. The van der Waals surface area contributed by atoms with Gasteiger partial charge in [-0.15, -0.1) is 0 Å². The second-order valence-corrected chi connectivity index (χ2v) is 4.01. The first-order valence-electron chi connectivity index (χ1n) is 5.16. The summed E-state index contributed by atoms with van der Waals surface area (Å²) in [5.41, 5.74) is 3.18. The topological polar surface area (TPSA) is 59.2 Å². The van der Waals surface area contributed by atoms with E-state index in [2.05, 4.69) is 16.2 Å². The van der Waals surface area contributed by atoms with Gasteiger partial charge in [0.05, 0.1) is 0 Å². The molecule has 0 saturated carbocycles. The summed E-state index contributed by atoms with van der Waals surface area (Å²) in [5, 5.41) is 13.0. The number of aliphatic hydroxyl groups is 1. The van der Waals surface area contributed by atoms with Crippen LogP contribution in [0.4, 0.5) is 0 Å². The van der Waals surface area contributed by atoms with Crippen molar-refractivity contribution in [2.75, 3.05) is 0 Å². The monoisotopic (exact) mass is 218 g/mol. The molecule has 0 saturated heterocycles. The number of hydrogen-bond acceptors (Lipinski definition) is 4. The van der Waals surface area contributed by atoms with Gasteiger partial charge in [0.25, 0.3) is 5.89 Å². The van der Waals surface area contributed by atoms with Gasteiger partial charge in [-0.25, -0.2) is 0 Å². The highest BCUT2D eigenvalue weighted by Gasteiger charge is 2.12. The minimum atomic E-state index is -0.705. The molecule has 2 aromatic rings. The number of hydrogen-bond donors (Lipinski definition) is 1. The largest absolute Gasteiger partial charge is 0.385 e. The second-order valence-electron chi connectivity index (χ2n) is 4.01. The van der Waals surface area contributed by atoms with E-state index >= 15 is 0 Å². The van der Waals surface area contributed by atoms with Gasteiger partial charge in [-0.05, 0) is 32.9 Å². The lowest BCUT2D eigenvalue weighted by Crippen LogP contribution is -1.93. The molecular weight excluding hydrogens is 204 g/mol. The lowest BCUT2D eigenvalue weighted by molar-refractivity contribution is 0.184. The van der Waals surface area contributed by atoms with Crippen molar-refractivity contribution >= 4 is 0 Å². The highest BCUT2D eigenvalue weighted by atomic mass is 16.5. The number of aromatic nitrogens is 2. The van der Waals surface area contributed by atoms with Crippen molar-refractivity contribution in [3.8, 4) is 11.5 Å². The van der Waals surface area contributed by atoms with Crippen LogP contribution in [0.5, 0.6) is 0 Å². The van der Waals surface area contributed by atoms with E-state index in [1.807, 2.05) is 26.0 Å². The van der Waals surface area contributed by atoms with E-state index in [0.717, 1.165) is 16.7 Å². The van der Waals surface area contributed by atoms with Gasteiger partial charge in [-0.3, -0.25) is 0 Å². The smallest absolute Gasteiger partial charge is 0.258 e. The molecule has 16 heavy (non-hydrogen) atoms. The molecule has 4 nitrogen and oxygen atoms in total. The quantitative estimate of drug-likeness (QED) is 0.840. The van der Waals surface area contributed by atoms with Crippen molar-refractivity contribution < 1.29 is 9.63 Å². The van der Waals surface area contributed by atoms with Crippen LogP contribution in [-0.4, -0.2) is 15.2 Å². The molecule has 84 valence electrons. The molecule has 0 fully saturated rings. The first-order valence-corrected chi connectivity index (χ1v) is 5.16. The fraction of sp³-hybridized carbons (Fsp3) is 0.333. The molecule has 0 amide bonds. The van der Waals surface area contributed by atoms with Crippen LogP contribution in [-0.2, 0) is 0 Å². The molecule has 4 heteroatoms. The molecule has 1 unspecified atom stereocenters. The number of aryl methyl sites for hydroxylation is 2. The number of nitrogens with zero attached hydrogens (tertiary/aromatic N) is 2. The van der Waals surface area contributed by atoms with E-state index in [9.17, 15) is 5.11 Å². The summed E-state index contributed by atoms with van der Waals surface area (Å²) in [6.07, 6.45) is -0.705. The molecular formula is C12H14N2O2. The average molecular weight is 218 g/mol. The summed E-state index contributed by atoms with van der Waals surface area (Å²) in [6.45, 7) is 5.64. The Morgan fingerprint density at radius 2 is 1.81 bits per heavy atom. The minimum Gasteiger partial charge on any atom is -0.385 e. The van der Waals surface area contributed by atoms with Crippen molar-refractivity contribution in [2.45, 2.75) is 26.9 Å². The Bertz CT molecular complexity index is 483. The van der Waals surface area contributed by atoms with Crippen LogP contribution in [0.15, 0.2) is 22.7 Å². The van der Waals surface area contributed by atoms with Gasteiger partial charge < -0.3 is 9.63 Å². The van der Waals surface area contributed by atoms with Crippen molar-refractivity contribution in [3.05, 3.63) is 35.2 Å². The second kappa shape index (κ2) is 4.06. The van der Waals surface area contributed by atoms with Gasteiger partial charge >= 0.3 is 0 Å². The molecule has 1 atom stereocenters. The lowest BCUT2D eigenvalue weighted by atomic mass is 10.1. The minimum absolute atomic E-state index is 0.314. The molecule has 1 aromatic heterocycles. The first-order chi connectivity index (χ1) is 7.56. The highest BCUT2D eigenvalue weighted by molar-refractivity contribution is 5.55. The van der Waals surface area contributed by atoms with Crippen LogP contribution in [0.25, 0.3) is 11.5 Å². The Labute approximate surface area is 93.9 Å². The van der Waals surface area contributed by atoms with Gasteiger partial charge in [-0.2, -0.15) is 4.98 Å². The molecule has 0 radical (unpaired) electrons. The summed E-state index contributed by atoms with van der Waals surface area (Å²) < 4.78 is 5.10. The lowest BCUT2D eigenvalue weighted by Gasteiger charge is -1.99. The number of benzene rings is 1. The summed E-state index contributed by atoms with van der Waals surface area (Å²) in [5.74, 6) is 0.761. The summed E-state index contributed by atoms with van der Waals surface area (Å²) in [7, 11) is 0. The van der Waals surface area contributed by atoms with Crippen molar-refractivity contribution in [3.63, 3.8) is 0 Å². The van der Waals surface area contributed by atoms with E-state index in [0.29, 0.717) is 11.7 Å². The van der Waals surface area contributed by atoms with Crippen LogP contribution in [0.3, 0.4) is 0 Å². The van der Waals surface area contributed by atoms with E-state index in [1.54, 1.807) is 6.92 Å². The van der Waals surface area contributed by atoms with Crippen molar-refractivity contribution in [2.24, 2.45) is 0 Å². The molecule has 1 aromatic carbocycles. The van der Waals surface area contributed by atoms with Gasteiger partial charge in [0, 0.05) is 5.56 Å². The van der Waals surface area contributed by atoms with Gasteiger partial charge in [-0.1, -0.05) is 22.3 Å². The molecule has 0 spiro atoms. The fourth-order valence-electron chi connectivity index (χ4n) is 1.62. The molecule has 2 rings (SSSR count). The molecule has 1 N–H and O–H groups in total. The predicted octanol–water partition coefficient (Wildman–Crippen LogP) is 2.41. The number of aliphatic hydroxyl groups excluding tert-OH is 1. The zero-order chi connectivity index (χ0) is 11.7. The van der Waals surface area contributed by atoms with Crippen LogP contribution < -0.4 is 0 Å². The van der Waals surface area contributed by atoms with E-state index in [-0.39, 0.29) is 0 Å². The van der Waals surface area contributed by atoms with E-state index < -0.39 is 6.10 Å². The fourth-order valence-corrected chi connectivity index (χ4v) is 1.62. The maximum absolute atomic E-state index is 9.31. The third-order valence-corrected chi connectivity index (χ3v) is 2.28. The van der Waals surface area contributed by atoms with Gasteiger partial charge in [0.15, 0.2) is 5.82 Å². The zero-order valence-electron chi connectivity index (χ0n) is 9.56. The summed E-state index contributed by atoms with van der Waals surface area (Å²) in [6, 6.07) is 6.04. The summed E-state index contributed by atoms with van der Waals surface area (Å²) in [4.78, 5) is 4.13. The maximum Gasteiger partial charge on any atom is 0.258 e. The maximum atomic E-state index is 9.31. The van der Waals surface area contributed by atoms with Gasteiger partial charge in [0.1, 0.15) is 6.10 Å². The average Bonchev–Trinajstić information content (AvgIpc) is 2.64. The Hall–Kier alpha value is -1.68. The Morgan fingerprint density at radius 1 is 1.19 bits per heavy atom. The van der Waals surface area contributed by atoms with Crippen LogP contribution >= 0.6 is 0 Å². The normalized spacial score (nSPS) is 12.8. The molecule has 1 heterocycles. The summed E-state index contributed by atoms with van der Waals surface area (Å²) >= 11 is 0. The van der Waals surface area contributed by atoms with E-state index in [1.165, 1.54) is 0 Å². The standard InChI is InChI=1S/C12H14N2O2/c1-7-4-8(2)6-10(5-7)12-13-11(9(3)15)14-16-12/h4-6,9,15H,1-3H3. The number of rotatable bonds is 2. The Morgan fingerprint density at radius 3 is 2.31 bits per heavy atom. The van der Waals surface area contributed by atoms with Crippen molar-refractivity contribution in [1.29, 1.82) is 0 Å². The third kappa shape index (κ3) is 2.12. The molecule has 0 bridgehead atoms. The van der Waals surface area contributed by atoms with Crippen LogP contribution in [0, 0.1) is 13.8 Å². The zero-order valence-corrected chi connectivity index (χ0v) is 9.56. The predicted molar refractivity (Wildman–Crippen MR) is 59.8 cm³/mol.